The molecule has 0 atom stereocenters. The Hall–Kier alpha value is -2.36. The predicted octanol–water partition coefficient (Wildman–Crippen LogP) is 3.66. The Kier molecular flexibility index (Phi) is 4.68. The fourth-order valence-electron chi connectivity index (χ4n) is 3.94. The van der Waals surface area contributed by atoms with Crippen LogP contribution in [0.25, 0.3) is 0 Å². The molecular weight excluding hydrogens is 310 g/mol. The molecule has 0 N–H and O–H groups in total. The van der Waals surface area contributed by atoms with E-state index >= 15 is 0 Å². The number of hydrogen-bond donors (Lipinski definition) is 0. The highest BCUT2D eigenvalue weighted by Crippen LogP contribution is 2.25. The van der Waals surface area contributed by atoms with Crippen molar-refractivity contribution in [2.24, 2.45) is 0 Å². The number of anilines is 1. The molecule has 4 nitrogen and oxygen atoms in total. The molecule has 0 saturated carbocycles. The van der Waals surface area contributed by atoms with Gasteiger partial charge in [0.1, 0.15) is 5.82 Å². The molecule has 0 spiro atoms. The Morgan fingerprint density at radius 2 is 1.64 bits per heavy atom. The van der Waals surface area contributed by atoms with Crippen LogP contribution in [0.3, 0.4) is 0 Å². The lowest BCUT2D eigenvalue weighted by Crippen LogP contribution is -2.37. The minimum absolute atomic E-state index is 0.113. The van der Waals surface area contributed by atoms with Crippen LogP contribution in [0.1, 0.15) is 47.2 Å². The van der Waals surface area contributed by atoms with Crippen LogP contribution in [-0.2, 0) is 13.0 Å². The predicted molar refractivity (Wildman–Crippen MR) is 99.8 cm³/mol. The van der Waals surface area contributed by atoms with E-state index in [1.54, 1.807) is 0 Å². The number of fused-ring (bicyclic) bond motifs is 1. The molecule has 2 aliphatic rings. The molecule has 2 aliphatic heterocycles. The summed E-state index contributed by atoms with van der Waals surface area (Å²) in [5.74, 6) is 0.982. The minimum atomic E-state index is 0.113. The van der Waals surface area contributed by atoms with Gasteiger partial charge in [0.15, 0.2) is 0 Å². The van der Waals surface area contributed by atoms with Crippen molar-refractivity contribution >= 4 is 11.7 Å². The molecule has 0 aliphatic carbocycles. The van der Waals surface area contributed by atoms with E-state index in [1.165, 1.54) is 36.8 Å². The Balaban J connectivity index is 1.58. The van der Waals surface area contributed by atoms with Gasteiger partial charge in [-0.2, -0.15) is 0 Å². The fourth-order valence-corrected chi connectivity index (χ4v) is 3.94. The highest BCUT2D eigenvalue weighted by atomic mass is 16.2. The monoisotopic (exact) mass is 335 g/mol. The zero-order valence-corrected chi connectivity index (χ0v) is 14.7. The molecule has 0 bridgehead atoms. The Bertz CT molecular complexity index is 750. The molecule has 1 aromatic heterocycles. The molecule has 1 aromatic carbocycles. The van der Waals surface area contributed by atoms with Crippen LogP contribution in [-0.4, -0.2) is 35.4 Å². The first-order valence-electron chi connectivity index (χ1n) is 9.39. The molecule has 25 heavy (non-hydrogen) atoms. The lowest BCUT2D eigenvalue weighted by atomic mass is 9.99. The number of aromatic nitrogens is 1. The Morgan fingerprint density at radius 1 is 0.880 bits per heavy atom. The number of carbonyl (C=O) groups excluding carboxylic acids is 1. The summed E-state index contributed by atoms with van der Waals surface area (Å²) in [5.41, 5.74) is 3.39. The van der Waals surface area contributed by atoms with Gasteiger partial charge in [0.05, 0.1) is 5.56 Å². The lowest BCUT2D eigenvalue weighted by molar-refractivity contribution is 0.0735. The fraction of sp³-hybridized carbons (Fsp3) is 0.429. The van der Waals surface area contributed by atoms with E-state index in [0.29, 0.717) is 6.54 Å². The van der Waals surface area contributed by atoms with Gasteiger partial charge in [0.25, 0.3) is 5.91 Å². The van der Waals surface area contributed by atoms with Gasteiger partial charge in [-0.05, 0) is 42.5 Å². The third-order valence-electron chi connectivity index (χ3n) is 5.34. The average Bonchev–Trinajstić information content (AvgIpc) is 2.96. The number of amides is 1. The van der Waals surface area contributed by atoms with Crippen LogP contribution in [0.15, 0.2) is 42.6 Å². The lowest BCUT2D eigenvalue weighted by Gasteiger charge is -2.30. The molecule has 0 radical (unpaired) electrons. The highest BCUT2D eigenvalue weighted by molar-refractivity contribution is 5.99. The zero-order valence-electron chi connectivity index (χ0n) is 14.7. The molecule has 1 saturated heterocycles. The smallest absolute Gasteiger partial charge is 0.257 e. The second kappa shape index (κ2) is 7.26. The van der Waals surface area contributed by atoms with Crippen LogP contribution < -0.4 is 4.90 Å². The van der Waals surface area contributed by atoms with Crippen LogP contribution >= 0.6 is 0 Å². The molecule has 2 aromatic rings. The molecule has 3 heterocycles. The number of nitrogens with zero attached hydrogens (tertiary/aromatic N) is 3. The largest absolute Gasteiger partial charge is 0.356 e. The Labute approximate surface area is 149 Å². The van der Waals surface area contributed by atoms with E-state index in [1.807, 2.05) is 23.2 Å². The van der Waals surface area contributed by atoms with Crippen molar-refractivity contribution < 1.29 is 4.79 Å². The third kappa shape index (κ3) is 3.39. The van der Waals surface area contributed by atoms with Crippen molar-refractivity contribution in [3.05, 3.63) is 59.3 Å². The first kappa shape index (κ1) is 16.1. The topological polar surface area (TPSA) is 36.4 Å². The maximum Gasteiger partial charge on any atom is 0.257 e. The van der Waals surface area contributed by atoms with Crippen molar-refractivity contribution in [2.45, 2.75) is 38.6 Å². The third-order valence-corrected chi connectivity index (χ3v) is 5.34. The van der Waals surface area contributed by atoms with E-state index in [2.05, 4.69) is 34.1 Å². The summed E-state index contributed by atoms with van der Waals surface area (Å²) < 4.78 is 0. The van der Waals surface area contributed by atoms with Crippen LogP contribution in [0.2, 0.25) is 0 Å². The van der Waals surface area contributed by atoms with Crippen molar-refractivity contribution in [1.82, 2.24) is 9.88 Å². The van der Waals surface area contributed by atoms with Crippen molar-refractivity contribution in [3.8, 4) is 0 Å². The van der Waals surface area contributed by atoms with E-state index < -0.39 is 0 Å². The molecule has 4 rings (SSSR count). The van der Waals surface area contributed by atoms with Gasteiger partial charge in [-0.3, -0.25) is 4.79 Å². The summed E-state index contributed by atoms with van der Waals surface area (Å²) in [5, 5.41) is 0. The van der Waals surface area contributed by atoms with Gasteiger partial charge in [-0.1, -0.05) is 37.1 Å². The van der Waals surface area contributed by atoms with E-state index in [-0.39, 0.29) is 5.91 Å². The van der Waals surface area contributed by atoms with Gasteiger partial charge in [-0.25, -0.2) is 4.98 Å². The zero-order chi connectivity index (χ0) is 17.1. The SMILES string of the molecule is O=C(c1cccnc1N1CCCCCC1)N1CCc2ccccc2C1. The van der Waals surface area contributed by atoms with Gasteiger partial charge < -0.3 is 9.80 Å². The quantitative estimate of drug-likeness (QED) is 0.840. The van der Waals surface area contributed by atoms with E-state index in [4.69, 9.17) is 0 Å². The first-order chi connectivity index (χ1) is 12.3. The van der Waals surface area contributed by atoms with Gasteiger partial charge >= 0.3 is 0 Å². The second-order valence-electron chi connectivity index (χ2n) is 7.02. The molecule has 130 valence electrons. The van der Waals surface area contributed by atoms with Crippen LogP contribution in [0.4, 0.5) is 5.82 Å². The molecular formula is C21H25N3O. The van der Waals surface area contributed by atoms with Gasteiger partial charge in [0.2, 0.25) is 0 Å². The standard InChI is InChI=1S/C21H25N3O/c25-21(24-15-11-17-8-3-4-9-18(17)16-24)19-10-7-12-22-20(19)23-13-5-1-2-6-14-23/h3-4,7-10,12H,1-2,5-6,11,13-16H2. The Morgan fingerprint density at radius 3 is 2.44 bits per heavy atom. The maximum absolute atomic E-state index is 13.2. The summed E-state index contributed by atoms with van der Waals surface area (Å²) in [4.78, 5) is 22.1. The van der Waals surface area contributed by atoms with Gasteiger partial charge in [-0.15, -0.1) is 0 Å². The van der Waals surface area contributed by atoms with Crippen LogP contribution in [0.5, 0.6) is 0 Å². The van der Waals surface area contributed by atoms with Gasteiger partial charge in [0, 0.05) is 32.4 Å². The summed E-state index contributed by atoms with van der Waals surface area (Å²) in [6, 6.07) is 12.3. The van der Waals surface area contributed by atoms with E-state index in [0.717, 1.165) is 37.4 Å². The molecule has 4 heteroatoms. The first-order valence-corrected chi connectivity index (χ1v) is 9.39. The van der Waals surface area contributed by atoms with Crippen molar-refractivity contribution in [3.63, 3.8) is 0 Å². The number of pyridine rings is 1. The molecule has 1 amide bonds. The summed E-state index contributed by atoms with van der Waals surface area (Å²) in [7, 11) is 0. The second-order valence-corrected chi connectivity index (χ2v) is 7.02. The van der Waals surface area contributed by atoms with Crippen LogP contribution in [0, 0.1) is 0 Å². The summed E-state index contributed by atoms with van der Waals surface area (Å²) in [6.07, 6.45) is 7.65. The number of hydrogen-bond acceptors (Lipinski definition) is 3. The molecule has 1 fully saturated rings. The highest BCUT2D eigenvalue weighted by Gasteiger charge is 2.25. The minimum Gasteiger partial charge on any atom is -0.356 e. The normalized spacial score (nSPS) is 17.8. The summed E-state index contributed by atoms with van der Waals surface area (Å²) >= 11 is 0. The number of rotatable bonds is 2. The van der Waals surface area contributed by atoms with Crippen molar-refractivity contribution in [2.75, 3.05) is 24.5 Å². The summed E-state index contributed by atoms with van der Waals surface area (Å²) in [6.45, 7) is 3.48. The number of carbonyl (C=O) groups is 1. The maximum atomic E-state index is 13.2. The van der Waals surface area contributed by atoms with Crippen molar-refractivity contribution in [1.29, 1.82) is 0 Å². The molecule has 0 unspecified atom stereocenters. The van der Waals surface area contributed by atoms with E-state index in [9.17, 15) is 4.79 Å². The average molecular weight is 335 g/mol. The number of benzene rings is 1.